The number of esters is 1. The van der Waals surface area contributed by atoms with Gasteiger partial charge in [-0.2, -0.15) is 13.2 Å². The highest BCUT2D eigenvalue weighted by Crippen LogP contribution is 2.27. The van der Waals surface area contributed by atoms with E-state index in [2.05, 4.69) is 10.3 Å². The third kappa shape index (κ3) is 9.40. The molecule has 6 nitrogen and oxygen atoms in total. The average molecular weight is 559 g/mol. The maximum Gasteiger partial charge on any atom is 0.471 e. The maximum atomic E-state index is 13.1. The molecule has 2 aromatic carbocycles. The molecule has 0 aliphatic heterocycles. The van der Waals surface area contributed by atoms with Gasteiger partial charge in [-0.05, 0) is 68.2 Å². The van der Waals surface area contributed by atoms with E-state index >= 15 is 0 Å². The molecule has 0 aliphatic carbocycles. The molecule has 1 amide bonds. The van der Waals surface area contributed by atoms with Gasteiger partial charge in [-0.15, -0.1) is 11.3 Å². The summed E-state index contributed by atoms with van der Waals surface area (Å²) in [4.78, 5) is 28.1. The van der Waals surface area contributed by atoms with Gasteiger partial charge in [0.25, 0.3) is 0 Å². The van der Waals surface area contributed by atoms with Gasteiger partial charge in [0.15, 0.2) is 0 Å². The molecule has 0 bridgehead atoms. The average Bonchev–Trinajstić information content (AvgIpc) is 3.36. The second kappa shape index (κ2) is 13.7. The number of carbonyl (C=O) groups excluding carboxylic acids is 2. The topological polar surface area (TPSA) is 77.5 Å². The van der Waals surface area contributed by atoms with E-state index in [0.29, 0.717) is 39.8 Å². The van der Waals surface area contributed by atoms with Crippen molar-refractivity contribution < 1.29 is 32.2 Å². The van der Waals surface area contributed by atoms with Crippen molar-refractivity contribution in [3.8, 4) is 5.75 Å². The summed E-state index contributed by atoms with van der Waals surface area (Å²) in [6, 6.07) is 15.6. The van der Waals surface area contributed by atoms with Crippen LogP contribution in [0.15, 0.2) is 77.2 Å². The number of thiazole rings is 1. The molecule has 1 heterocycles. The minimum atomic E-state index is -5.03. The normalized spacial score (nSPS) is 13.1. The number of alkyl halides is 3. The Morgan fingerprint density at radius 3 is 2.38 bits per heavy atom. The monoisotopic (exact) mass is 558 g/mol. The molecular weight excluding hydrogens is 529 g/mol. The molecule has 0 saturated heterocycles. The molecule has 206 valence electrons. The van der Waals surface area contributed by atoms with Crippen LogP contribution in [0.3, 0.4) is 0 Å². The van der Waals surface area contributed by atoms with Gasteiger partial charge in [-0.1, -0.05) is 42.5 Å². The zero-order valence-electron chi connectivity index (χ0n) is 21.7. The van der Waals surface area contributed by atoms with Crippen molar-refractivity contribution in [3.63, 3.8) is 0 Å². The van der Waals surface area contributed by atoms with E-state index in [-0.39, 0.29) is 13.0 Å². The first kappa shape index (κ1) is 29.6. The lowest BCUT2D eigenvalue weighted by molar-refractivity contribution is -0.174. The van der Waals surface area contributed by atoms with Gasteiger partial charge >= 0.3 is 18.1 Å². The number of amides is 1. The molecule has 39 heavy (non-hydrogen) atoms. The Balaban J connectivity index is 1.75. The lowest BCUT2D eigenvalue weighted by Crippen LogP contribution is -2.39. The first-order chi connectivity index (χ1) is 18.5. The van der Waals surface area contributed by atoms with Gasteiger partial charge < -0.3 is 14.8 Å². The predicted octanol–water partition coefficient (Wildman–Crippen LogP) is 6.60. The smallest absolute Gasteiger partial charge is 0.471 e. The SMILES string of the molecule is CCOC(=O)C(C)=CC(C)=Cc1csc([C@H](Cc2ccc(OCc3ccccc3)cc2)NC(=O)C(F)(F)F)n1. The minimum absolute atomic E-state index is 0.0955. The molecule has 0 fully saturated rings. The summed E-state index contributed by atoms with van der Waals surface area (Å²) in [6.07, 6.45) is -1.59. The van der Waals surface area contributed by atoms with Crippen LogP contribution in [-0.2, 0) is 27.4 Å². The van der Waals surface area contributed by atoms with Crippen molar-refractivity contribution in [2.24, 2.45) is 0 Å². The van der Waals surface area contributed by atoms with Crippen molar-refractivity contribution in [2.75, 3.05) is 6.61 Å². The first-order valence-corrected chi connectivity index (χ1v) is 13.1. The van der Waals surface area contributed by atoms with Crippen LogP contribution >= 0.6 is 11.3 Å². The fourth-order valence-electron chi connectivity index (χ4n) is 3.59. The van der Waals surface area contributed by atoms with Gasteiger partial charge in [0, 0.05) is 11.0 Å². The van der Waals surface area contributed by atoms with E-state index in [1.54, 1.807) is 62.6 Å². The van der Waals surface area contributed by atoms with E-state index in [1.807, 2.05) is 30.3 Å². The molecule has 1 N–H and O–H groups in total. The van der Waals surface area contributed by atoms with Crippen molar-refractivity contribution in [2.45, 2.75) is 46.0 Å². The lowest BCUT2D eigenvalue weighted by atomic mass is 10.1. The Labute approximate surface area is 229 Å². The second-order valence-electron chi connectivity index (χ2n) is 8.69. The summed E-state index contributed by atoms with van der Waals surface area (Å²) in [7, 11) is 0. The molecule has 0 unspecified atom stereocenters. The van der Waals surface area contributed by atoms with Crippen molar-refractivity contribution in [1.82, 2.24) is 10.3 Å². The summed E-state index contributed by atoms with van der Waals surface area (Å²) < 4.78 is 49.9. The van der Waals surface area contributed by atoms with Gasteiger partial charge in [0.05, 0.1) is 18.3 Å². The van der Waals surface area contributed by atoms with E-state index in [9.17, 15) is 22.8 Å². The number of nitrogens with one attached hydrogen (secondary N) is 1. The summed E-state index contributed by atoms with van der Waals surface area (Å²) in [6.45, 7) is 5.76. The van der Waals surface area contributed by atoms with Crippen LogP contribution < -0.4 is 10.1 Å². The third-order valence-electron chi connectivity index (χ3n) is 5.43. The number of benzene rings is 2. The zero-order chi connectivity index (χ0) is 28.4. The van der Waals surface area contributed by atoms with E-state index in [4.69, 9.17) is 9.47 Å². The highest BCUT2D eigenvalue weighted by atomic mass is 32.1. The number of hydrogen-bond acceptors (Lipinski definition) is 6. The number of halogens is 3. The molecule has 0 saturated carbocycles. The Bertz CT molecular complexity index is 1320. The van der Waals surface area contributed by atoms with E-state index in [0.717, 1.165) is 16.9 Å². The number of nitrogens with zero attached hydrogens (tertiary/aromatic N) is 1. The summed E-state index contributed by atoms with van der Waals surface area (Å²) in [5, 5.41) is 4.07. The Morgan fingerprint density at radius 2 is 1.74 bits per heavy atom. The maximum absolute atomic E-state index is 13.1. The number of ether oxygens (including phenoxy) is 2. The molecular formula is C29H29F3N2O4S. The zero-order valence-corrected chi connectivity index (χ0v) is 22.6. The highest BCUT2D eigenvalue weighted by Gasteiger charge is 2.40. The second-order valence-corrected chi connectivity index (χ2v) is 9.58. The number of hydrogen-bond donors (Lipinski definition) is 1. The van der Waals surface area contributed by atoms with E-state index < -0.39 is 24.1 Å². The Hall–Kier alpha value is -3.92. The summed E-state index contributed by atoms with van der Waals surface area (Å²) in [5.74, 6) is -1.86. The number of carbonyl (C=O) groups is 2. The number of rotatable bonds is 11. The molecule has 0 spiro atoms. The third-order valence-corrected chi connectivity index (χ3v) is 6.41. The van der Waals surface area contributed by atoms with Crippen LogP contribution in [-0.4, -0.2) is 29.6 Å². The van der Waals surface area contributed by atoms with Gasteiger partial charge in [-0.25, -0.2) is 9.78 Å². The molecule has 10 heteroatoms. The van der Waals surface area contributed by atoms with Crippen LogP contribution in [0.2, 0.25) is 0 Å². The van der Waals surface area contributed by atoms with Crippen LogP contribution in [0, 0.1) is 0 Å². The van der Waals surface area contributed by atoms with Crippen molar-refractivity contribution in [1.29, 1.82) is 0 Å². The fraction of sp³-hybridized carbons (Fsp3) is 0.276. The minimum Gasteiger partial charge on any atom is -0.489 e. The summed E-state index contributed by atoms with van der Waals surface area (Å²) >= 11 is 1.14. The Kier molecular flexibility index (Phi) is 10.4. The lowest BCUT2D eigenvalue weighted by Gasteiger charge is -2.18. The quantitative estimate of drug-likeness (QED) is 0.163. The van der Waals surface area contributed by atoms with Gasteiger partial charge in [-0.3, -0.25) is 4.79 Å². The molecule has 0 aliphatic rings. The molecule has 0 radical (unpaired) electrons. The molecule has 3 rings (SSSR count). The van der Waals surface area contributed by atoms with Crippen LogP contribution in [0.4, 0.5) is 13.2 Å². The molecule has 3 aromatic rings. The van der Waals surface area contributed by atoms with Gasteiger partial charge in [0.2, 0.25) is 0 Å². The Morgan fingerprint density at radius 1 is 1.05 bits per heavy atom. The van der Waals surface area contributed by atoms with Crippen LogP contribution in [0.5, 0.6) is 5.75 Å². The van der Waals surface area contributed by atoms with Crippen LogP contribution in [0.1, 0.15) is 48.6 Å². The summed E-state index contributed by atoms with van der Waals surface area (Å²) in [5.41, 5.74) is 3.32. The number of aromatic nitrogens is 1. The standard InChI is InChI=1S/C29H29F3N2O4S/c1-4-37-27(35)20(3)14-19(2)15-23-18-39-26(33-23)25(34-28(36)29(30,31)32)16-21-10-12-24(13-11-21)38-17-22-8-6-5-7-9-22/h5-15,18,25H,4,16-17H2,1-3H3,(H,34,36)/t25-/m0/s1. The number of allylic oxidation sites excluding steroid dienone is 2. The van der Waals surface area contributed by atoms with E-state index in [1.165, 1.54) is 0 Å². The molecule has 1 atom stereocenters. The fourth-order valence-corrected chi connectivity index (χ4v) is 4.41. The van der Waals surface area contributed by atoms with Gasteiger partial charge in [0.1, 0.15) is 17.4 Å². The highest BCUT2D eigenvalue weighted by molar-refractivity contribution is 7.09. The largest absolute Gasteiger partial charge is 0.489 e. The first-order valence-electron chi connectivity index (χ1n) is 12.2. The molecule has 1 aromatic heterocycles. The van der Waals surface area contributed by atoms with Crippen LogP contribution in [0.25, 0.3) is 6.08 Å². The predicted molar refractivity (Wildman–Crippen MR) is 144 cm³/mol. The van der Waals surface area contributed by atoms with Crippen molar-refractivity contribution >= 4 is 29.3 Å². The van der Waals surface area contributed by atoms with Crippen molar-refractivity contribution in [3.05, 3.63) is 99.0 Å².